The number of piperidine rings is 1. The molecule has 0 aliphatic carbocycles. The lowest BCUT2D eigenvalue weighted by Gasteiger charge is -2.31. The molecular weight excluding hydrogens is 410 g/mol. The van der Waals surface area contributed by atoms with Crippen LogP contribution in [0.2, 0.25) is 0 Å². The van der Waals surface area contributed by atoms with E-state index in [2.05, 4.69) is 10.2 Å². The molecule has 0 saturated carbocycles. The number of hydrogen-bond donors (Lipinski definition) is 0. The van der Waals surface area contributed by atoms with Crippen LogP contribution >= 0.6 is 11.3 Å². The molecule has 1 atom stereocenters. The lowest BCUT2D eigenvalue weighted by Crippen LogP contribution is -2.39. The quantitative estimate of drug-likeness (QED) is 0.411. The van der Waals surface area contributed by atoms with Gasteiger partial charge in [0.2, 0.25) is 11.8 Å². The molecule has 1 fully saturated rings. The molecule has 7 heteroatoms. The fourth-order valence-electron chi connectivity index (χ4n) is 3.74. The van der Waals surface area contributed by atoms with Crippen LogP contribution in [0.5, 0.6) is 11.5 Å². The first-order chi connectivity index (χ1) is 15.3. The topological polar surface area (TPSA) is 68.5 Å². The Labute approximate surface area is 184 Å². The summed E-state index contributed by atoms with van der Waals surface area (Å²) in [5.74, 6) is 2.67. The number of thiophene rings is 1. The van der Waals surface area contributed by atoms with E-state index in [1.54, 1.807) is 11.3 Å². The van der Waals surface area contributed by atoms with E-state index in [4.69, 9.17) is 9.15 Å². The Morgan fingerprint density at radius 1 is 1.03 bits per heavy atom. The fourth-order valence-corrected chi connectivity index (χ4v) is 4.37. The molecule has 0 bridgehead atoms. The van der Waals surface area contributed by atoms with Crippen LogP contribution in [-0.2, 0) is 0 Å². The van der Waals surface area contributed by atoms with Crippen LogP contribution in [0.1, 0.15) is 35.0 Å². The van der Waals surface area contributed by atoms with Gasteiger partial charge in [-0.1, -0.05) is 18.2 Å². The van der Waals surface area contributed by atoms with Gasteiger partial charge < -0.3 is 14.1 Å². The van der Waals surface area contributed by atoms with Gasteiger partial charge in [-0.05, 0) is 60.7 Å². The first kappa shape index (κ1) is 19.5. The third kappa shape index (κ3) is 4.36. The van der Waals surface area contributed by atoms with Crippen LogP contribution < -0.4 is 4.74 Å². The van der Waals surface area contributed by atoms with Crippen molar-refractivity contribution in [2.75, 3.05) is 13.1 Å². The molecule has 0 N–H and O–H groups in total. The lowest BCUT2D eigenvalue weighted by molar-refractivity contribution is 0.0698. The predicted molar refractivity (Wildman–Crippen MR) is 118 cm³/mol. The molecular formula is C24H21N3O3S. The number of amides is 1. The number of likely N-dealkylation sites (tertiary alicyclic amines) is 1. The Morgan fingerprint density at radius 2 is 1.84 bits per heavy atom. The molecule has 2 aromatic carbocycles. The van der Waals surface area contributed by atoms with Gasteiger partial charge in [0.1, 0.15) is 11.5 Å². The summed E-state index contributed by atoms with van der Waals surface area (Å²) in [4.78, 5) is 14.9. The molecule has 31 heavy (non-hydrogen) atoms. The monoisotopic (exact) mass is 431 g/mol. The number of carbonyl (C=O) groups excluding carboxylic acids is 1. The Balaban J connectivity index is 1.25. The molecule has 156 valence electrons. The normalized spacial score (nSPS) is 16.3. The smallest absolute Gasteiger partial charge is 0.253 e. The minimum Gasteiger partial charge on any atom is -0.457 e. The van der Waals surface area contributed by atoms with E-state index < -0.39 is 0 Å². The Hall–Kier alpha value is -3.45. The van der Waals surface area contributed by atoms with E-state index in [1.807, 2.05) is 76.3 Å². The number of rotatable bonds is 5. The molecule has 3 heterocycles. The maximum atomic E-state index is 13.1. The van der Waals surface area contributed by atoms with Crippen molar-refractivity contribution < 1.29 is 13.9 Å². The maximum Gasteiger partial charge on any atom is 0.253 e. The number of ether oxygens (including phenoxy) is 1. The number of aromatic nitrogens is 2. The highest BCUT2D eigenvalue weighted by Gasteiger charge is 2.29. The van der Waals surface area contributed by atoms with Crippen molar-refractivity contribution in [1.82, 2.24) is 15.1 Å². The summed E-state index contributed by atoms with van der Waals surface area (Å²) in [6.07, 6.45) is 1.83. The van der Waals surface area contributed by atoms with Crippen molar-refractivity contribution in [3.8, 4) is 23.0 Å². The van der Waals surface area contributed by atoms with Gasteiger partial charge in [0.05, 0.1) is 5.92 Å². The van der Waals surface area contributed by atoms with Gasteiger partial charge in [-0.15, -0.1) is 10.2 Å². The van der Waals surface area contributed by atoms with Crippen LogP contribution in [0.15, 0.2) is 75.8 Å². The average Bonchev–Trinajstić information content (AvgIpc) is 3.52. The molecule has 1 aliphatic rings. The van der Waals surface area contributed by atoms with Crippen molar-refractivity contribution in [1.29, 1.82) is 0 Å². The van der Waals surface area contributed by atoms with Crippen molar-refractivity contribution in [3.63, 3.8) is 0 Å². The molecule has 4 aromatic rings. The number of para-hydroxylation sites is 1. The molecule has 2 aromatic heterocycles. The Kier molecular flexibility index (Phi) is 5.50. The summed E-state index contributed by atoms with van der Waals surface area (Å²) in [5.41, 5.74) is 1.58. The van der Waals surface area contributed by atoms with E-state index in [0.29, 0.717) is 29.6 Å². The molecule has 1 amide bonds. The second-order valence-corrected chi connectivity index (χ2v) is 8.27. The maximum absolute atomic E-state index is 13.1. The summed E-state index contributed by atoms with van der Waals surface area (Å²) in [7, 11) is 0. The number of benzene rings is 2. The van der Waals surface area contributed by atoms with Gasteiger partial charge in [0.15, 0.2) is 0 Å². The second-order valence-electron chi connectivity index (χ2n) is 7.49. The molecule has 0 spiro atoms. The minimum atomic E-state index is 0.00790. The van der Waals surface area contributed by atoms with E-state index in [0.717, 1.165) is 30.7 Å². The lowest BCUT2D eigenvalue weighted by atomic mass is 9.97. The highest BCUT2D eigenvalue weighted by atomic mass is 32.1. The van der Waals surface area contributed by atoms with Gasteiger partial charge in [0, 0.05) is 29.6 Å². The van der Waals surface area contributed by atoms with Gasteiger partial charge in [-0.3, -0.25) is 4.79 Å². The van der Waals surface area contributed by atoms with Crippen LogP contribution in [0.25, 0.3) is 11.5 Å². The molecule has 5 rings (SSSR count). The Bertz CT molecular complexity index is 1140. The van der Waals surface area contributed by atoms with E-state index in [-0.39, 0.29) is 11.8 Å². The molecule has 6 nitrogen and oxygen atoms in total. The molecule has 1 saturated heterocycles. The number of hydrogen-bond acceptors (Lipinski definition) is 6. The van der Waals surface area contributed by atoms with E-state index >= 15 is 0 Å². The SMILES string of the molecule is O=C(c1ccc(Oc2ccccc2)cc1)N1CCCC(c2nnc(-c3ccsc3)o2)C1. The summed E-state index contributed by atoms with van der Waals surface area (Å²) in [6, 6.07) is 18.8. The van der Waals surface area contributed by atoms with Gasteiger partial charge in [-0.2, -0.15) is 11.3 Å². The van der Waals surface area contributed by atoms with Crippen molar-refractivity contribution in [2.45, 2.75) is 18.8 Å². The number of nitrogens with zero attached hydrogens (tertiary/aromatic N) is 3. The summed E-state index contributed by atoms with van der Waals surface area (Å²) in [5, 5.41) is 12.4. The van der Waals surface area contributed by atoms with Gasteiger partial charge >= 0.3 is 0 Å². The predicted octanol–water partition coefficient (Wildman–Crippen LogP) is 5.61. The van der Waals surface area contributed by atoms with Crippen molar-refractivity contribution in [3.05, 3.63) is 82.9 Å². The zero-order valence-electron chi connectivity index (χ0n) is 16.8. The zero-order valence-corrected chi connectivity index (χ0v) is 17.6. The number of carbonyl (C=O) groups is 1. The first-order valence-electron chi connectivity index (χ1n) is 10.2. The van der Waals surface area contributed by atoms with Crippen LogP contribution in [-0.4, -0.2) is 34.1 Å². The molecule has 1 aliphatic heterocycles. The van der Waals surface area contributed by atoms with Crippen molar-refractivity contribution in [2.24, 2.45) is 0 Å². The highest BCUT2D eigenvalue weighted by molar-refractivity contribution is 7.08. The van der Waals surface area contributed by atoms with E-state index in [1.165, 1.54) is 0 Å². The third-order valence-electron chi connectivity index (χ3n) is 5.35. The second kappa shape index (κ2) is 8.73. The van der Waals surface area contributed by atoms with Gasteiger partial charge in [0.25, 0.3) is 5.91 Å². The van der Waals surface area contributed by atoms with Crippen LogP contribution in [0.3, 0.4) is 0 Å². The standard InChI is InChI=1S/C24H21N3O3S/c28-24(17-8-10-21(11-9-17)29-20-6-2-1-3-7-20)27-13-4-5-18(15-27)22-25-26-23(30-22)19-12-14-31-16-19/h1-3,6-12,14,16,18H,4-5,13,15H2. The van der Waals surface area contributed by atoms with Crippen LogP contribution in [0, 0.1) is 0 Å². The largest absolute Gasteiger partial charge is 0.457 e. The van der Waals surface area contributed by atoms with E-state index in [9.17, 15) is 4.79 Å². The molecule has 1 unspecified atom stereocenters. The third-order valence-corrected chi connectivity index (χ3v) is 6.03. The van der Waals surface area contributed by atoms with Crippen LogP contribution in [0.4, 0.5) is 0 Å². The summed E-state index contributed by atoms with van der Waals surface area (Å²) < 4.78 is 11.7. The zero-order chi connectivity index (χ0) is 21.0. The summed E-state index contributed by atoms with van der Waals surface area (Å²) >= 11 is 1.59. The fraction of sp³-hybridized carbons (Fsp3) is 0.208. The summed E-state index contributed by atoms with van der Waals surface area (Å²) in [6.45, 7) is 1.30. The molecule has 0 radical (unpaired) electrons. The van der Waals surface area contributed by atoms with Gasteiger partial charge in [-0.25, -0.2) is 0 Å². The van der Waals surface area contributed by atoms with Crippen molar-refractivity contribution >= 4 is 17.2 Å². The average molecular weight is 432 g/mol. The Morgan fingerprint density at radius 3 is 2.61 bits per heavy atom. The highest BCUT2D eigenvalue weighted by Crippen LogP contribution is 2.30. The first-order valence-corrected chi connectivity index (χ1v) is 11.2. The minimum absolute atomic E-state index is 0.00790.